The first-order valence-corrected chi connectivity index (χ1v) is 25.6. The van der Waals surface area contributed by atoms with E-state index in [-0.39, 0.29) is 42.8 Å². The maximum Gasteiger partial charge on any atom is 0.248 e. The number of carbonyl (C=O) groups is 3. The number of anilines is 2. The van der Waals surface area contributed by atoms with Crippen LogP contribution < -0.4 is 10.6 Å². The molecule has 4 N–H and O–H groups in total. The van der Waals surface area contributed by atoms with Gasteiger partial charge in [0.05, 0.1) is 35.6 Å². The van der Waals surface area contributed by atoms with Gasteiger partial charge in [-0.2, -0.15) is 20.5 Å². The van der Waals surface area contributed by atoms with Gasteiger partial charge in [0.2, 0.25) is 29.6 Å². The molecule has 1 fully saturated rings. The van der Waals surface area contributed by atoms with Crippen molar-refractivity contribution in [3.05, 3.63) is 161 Å². The second-order valence-corrected chi connectivity index (χ2v) is 19.3. The third kappa shape index (κ3) is 11.0. The van der Waals surface area contributed by atoms with Gasteiger partial charge in [-0.25, -0.2) is 24.9 Å². The van der Waals surface area contributed by atoms with E-state index in [0.717, 1.165) is 71.6 Å². The number of para-hydroxylation sites is 1. The van der Waals surface area contributed by atoms with Gasteiger partial charge in [-0.3, -0.25) is 23.6 Å². The molecule has 20 heteroatoms. The summed E-state index contributed by atoms with van der Waals surface area (Å²) in [7, 11) is 0. The minimum absolute atomic E-state index is 0.0151. The van der Waals surface area contributed by atoms with Gasteiger partial charge in [-0.1, -0.05) is 73.7 Å². The largest absolute Gasteiger partial charge is 0.387 e. The molecule has 0 atom stereocenters. The van der Waals surface area contributed by atoms with Crippen LogP contribution in [0.5, 0.6) is 0 Å². The number of hydrogen-bond donors (Lipinski definition) is 4. The number of H-pyrrole nitrogens is 1. The number of fused-ring (bicyclic) bond motifs is 3. The maximum absolute atomic E-state index is 13.2. The monoisotopic (exact) mass is 1010 g/mol. The van der Waals surface area contributed by atoms with E-state index in [1.54, 1.807) is 39.3 Å². The number of benzene rings is 3. The summed E-state index contributed by atoms with van der Waals surface area (Å²) in [5, 5.41) is 31.5. The SMILES string of the molecule is CCc1nn(CC(=O)N2CCN(C(=O)CO)CC2)cc1-c1cnc(NC2Cc3ccccc3C2)nc1.O=C(Cc1cn(-c2ccccc2)c(-c2cnc(NC3Cc4ccccc4C3)nc2)n1)N1CCc2n[nH]nc2C1. The van der Waals surface area contributed by atoms with Crippen LogP contribution >= 0.6 is 0 Å². The molecule has 0 radical (unpaired) electrons. The summed E-state index contributed by atoms with van der Waals surface area (Å²) in [5.74, 6) is 1.57. The van der Waals surface area contributed by atoms with Crippen LogP contribution in [0.25, 0.3) is 28.2 Å². The molecule has 5 aromatic heterocycles. The predicted octanol–water partition coefficient (Wildman–Crippen LogP) is 4.30. The molecule has 2 aliphatic carbocycles. The number of aryl methyl sites for hydroxylation is 1. The van der Waals surface area contributed by atoms with Gasteiger partial charge in [0.15, 0.2) is 0 Å². The van der Waals surface area contributed by atoms with Gasteiger partial charge < -0.3 is 30.4 Å². The van der Waals surface area contributed by atoms with Crippen molar-refractivity contribution in [1.82, 2.24) is 69.4 Å². The van der Waals surface area contributed by atoms with Gasteiger partial charge in [-0.15, -0.1) is 0 Å². The molecule has 0 bridgehead atoms. The summed E-state index contributed by atoms with van der Waals surface area (Å²) in [4.78, 5) is 65.9. The second kappa shape index (κ2) is 21.8. The molecule has 4 aliphatic rings. The number of aromatic nitrogens is 11. The molecule has 20 nitrogen and oxygen atoms in total. The summed E-state index contributed by atoms with van der Waals surface area (Å²) >= 11 is 0. The average Bonchev–Trinajstić information content (AvgIpc) is 4.32. The van der Waals surface area contributed by atoms with Crippen LogP contribution in [0.1, 0.15) is 52.0 Å². The molecule has 7 heterocycles. The Balaban J connectivity index is 0.000000161. The van der Waals surface area contributed by atoms with E-state index in [0.29, 0.717) is 69.1 Å². The van der Waals surface area contributed by atoms with Crippen LogP contribution in [0, 0.1) is 0 Å². The number of amides is 3. The molecule has 2 aliphatic heterocycles. The maximum atomic E-state index is 13.2. The Hall–Kier alpha value is -8.65. The summed E-state index contributed by atoms with van der Waals surface area (Å²) in [6, 6.07) is 27.6. The number of carbonyl (C=O) groups excluding carboxylic acids is 3. The van der Waals surface area contributed by atoms with Crippen LogP contribution in [-0.2, 0) is 72.4 Å². The van der Waals surface area contributed by atoms with Crippen molar-refractivity contribution in [3.63, 3.8) is 0 Å². The van der Waals surface area contributed by atoms with Crippen molar-refractivity contribution in [3.8, 4) is 28.2 Å². The minimum Gasteiger partial charge on any atom is -0.387 e. The molecule has 0 unspecified atom stereocenters. The first-order valence-electron chi connectivity index (χ1n) is 25.6. The molecule has 75 heavy (non-hydrogen) atoms. The smallest absolute Gasteiger partial charge is 0.248 e. The zero-order chi connectivity index (χ0) is 51.3. The third-order valence-electron chi connectivity index (χ3n) is 14.4. The van der Waals surface area contributed by atoms with E-state index in [1.165, 1.54) is 22.3 Å². The standard InChI is InChI=1S/C29H27N9O.C26H31N7O3/c39-27(37-11-10-25-26(18-37)35-36-34-25)14-23-17-38(24-8-2-1-3-9-24)28(32-23)21-15-30-29(31-16-21)33-22-12-19-6-4-5-7-20(19)13-22;1-2-23-22(15-33(30-23)16-24(35)31-7-9-32(10-8-31)25(36)17-34)20-13-27-26(28-14-20)29-21-11-18-5-3-4-6-19(18)12-21/h1-9,15-17,22H,10-14,18H2,(H,30,31,33)(H,34,35,36);3-6,13-15,21,34H,2,7-12,16-17H2,1H3,(H,27,28,29). The summed E-state index contributed by atoms with van der Waals surface area (Å²) in [6.07, 6.45) is 16.5. The number of nitrogens with zero attached hydrogens (tertiary/aromatic N) is 13. The normalized spacial score (nSPS) is 15.2. The van der Waals surface area contributed by atoms with Crippen LogP contribution in [0.4, 0.5) is 11.9 Å². The Morgan fingerprint density at radius 3 is 1.76 bits per heavy atom. The van der Waals surface area contributed by atoms with Crippen molar-refractivity contribution in [2.24, 2.45) is 0 Å². The number of imidazole rings is 1. The molecule has 8 aromatic rings. The molecule has 12 rings (SSSR count). The zero-order valence-corrected chi connectivity index (χ0v) is 41.7. The molecular formula is C55H58N16O4. The lowest BCUT2D eigenvalue weighted by atomic mass is 10.1. The van der Waals surface area contributed by atoms with E-state index in [2.05, 4.69) is 99.6 Å². The van der Waals surface area contributed by atoms with Crippen LogP contribution in [0.3, 0.4) is 0 Å². The molecular weight excluding hydrogens is 949 g/mol. The van der Waals surface area contributed by atoms with Gasteiger partial charge in [0, 0.05) is 105 Å². The number of aliphatic hydroxyl groups excluding tert-OH is 1. The number of hydrogen-bond acceptors (Lipinski definition) is 14. The Labute approximate surface area is 433 Å². The van der Waals surface area contributed by atoms with E-state index >= 15 is 0 Å². The quantitative estimate of drug-likeness (QED) is 0.126. The number of piperazine rings is 1. The first kappa shape index (κ1) is 48.6. The van der Waals surface area contributed by atoms with E-state index in [9.17, 15) is 14.4 Å². The first-order chi connectivity index (χ1) is 36.7. The minimum atomic E-state index is -0.501. The third-order valence-corrected chi connectivity index (χ3v) is 14.4. The van der Waals surface area contributed by atoms with Crippen LogP contribution in [-0.4, -0.2) is 144 Å². The fourth-order valence-electron chi connectivity index (χ4n) is 10.4. The highest BCUT2D eigenvalue weighted by atomic mass is 16.3. The Kier molecular flexibility index (Phi) is 14.1. The highest BCUT2D eigenvalue weighted by Gasteiger charge is 2.28. The Morgan fingerprint density at radius 2 is 1.19 bits per heavy atom. The molecule has 1 saturated heterocycles. The predicted molar refractivity (Wildman–Crippen MR) is 279 cm³/mol. The summed E-state index contributed by atoms with van der Waals surface area (Å²) < 4.78 is 3.66. The van der Waals surface area contributed by atoms with Crippen molar-refractivity contribution >= 4 is 29.6 Å². The fraction of sp³-hybridized carbons (Fsp3) is 0.327. The number of rotatable bonds is 13. The van der Waals surface area contributed by atoms with E-state index < -0.39 is 6.61 Å². The highest BCUT2D eigenvalue weighted by molar-refractivity contribution is 5.80. The zero-order valence-electron chi connectivity index (χ0n) is 41.7. The lowest BCUT2D eigenvalue weighted by molar-refractivity contribution is -0.141. The lowest BCUT2D eigenvalue weighted by Gasteiger charge is -2.34. The summed E-state index contributed by atoms with van der Waals surface area (Å²) in [6.45, 7) is 4.51. The lowest BCUT2D eigenvalue weighted by Crippen LogP contribution is -2.51. The van der Waals surface area contributed by atoms with Gasteiger partial charge in [0.25, 0.3) is 0 Å². The summed E-state index contributed by atoms with van der Waals surface area (Å²) in [5.41, 5.74) is 12.4. The highest BCUT2D eigenvalue weighted by Crippen LogP contribution is 2.28. The Morgan fingerprint density at radius 1 is 0.640 bits per heavy atom. The van der Waals surface area contributed by atoms with Gasteiger partial charge >= 0.3 is 0 Å². The molecule has 382 valence electrons. The van der Waals surface area contributed by atoms with Crippen LogP contribution in [0.15, 0.2) is 116 Å². The van der Waals surface area contributed by atoms with Crippen LogP contribution in [0.2, 0.25) is 0 Å². The molecule has 3 aromatic carbocycles. The van der Waals surface area contributed by atoms with E-state index in [1.807, 2.05) is 59.1 Å². The number of aromatic amines is 1. The molecule has 3 amide bonds. The topological polar surface area (TPSA) is 234 Å². The van der Waals surface area contributed by atoms with Crippen molar-refractivity contribution < 1.29 is 19.5 Å². The van der Waals surface area contributed by atoms with Crippen molar-refractivity contribution in [2.45, 2.75) is 77.0 Å². The number of nitrogens with one attached hydrogen (secondary N) is 3. The molecule has 0 saturated carbocycles. The van der Waals surface area contributed by atoms with Crippen molar-refractivity contribution in [1.29, 1.82) is 0 Å². The van der Waals surface area contributed by atoms with Crippen molar-refractivity contribution in [2.75, 3.05) is 50.0 Å². The number of aliphatic hydroxyl groups is 1. The van der Waals surface area contributed by atoms with Gasteiger partial charge in [-0.05, 0) is 66.5 Å². The molecule has 0 spiro atoms. The average molecular weight is 1010 g/mol. The second-order valence-electron chi connectivity index (χ2n) is 19.3. The van der Waals surface area contributed by atoms with Gasteiger partial charge in [0.1, 0.15) is 24.7 Å². The fourth-order valence-corrected chi connectivity index (χ4v) is 10.4. The van der Waals surface area contributed by atoms with E-state index in [4.69, 9.17) is 10.1 Å². The Bertz CT molecular complexity index is 3240.